The number of fused-ring (bicyclic) bond motifs is 1. The van der Waals surface area contributed by atoms with Gasteiger partial charge >= 0.3 is 5.97 Å². The highest BCUT2D eigenvalue weighted by molar-refractivity contribution is 6.04. The minimum atomic E-state index is -0.634. The van der Waals surface area contributed by atoms with E-state index in [2.05, 4.69) is 10.2 Å². The summed E-state index contributed by atoms with van der Waals surface area (Å²) >= 11 is 0. The first kappa shape index (κ1) is 19.4. The molecule has 4 aromatic rings. The molecule has 7 nitrogen and oxygen atoms in total. The molecule has 152 valence electrons. The van der Waals surface area contributed by atoms with Crippen LogP contribution in [-0.4, -0.2) is 40.2 Å². The van der Waals surface area contributed by atoms with E-state index in [1.165, 1.54) is 0 Å². The van der Waals surface area contributed by atoms with Crippen LogP contribution in [0.25, 0.3) is 16.6 Å². The number of esters is 1. The Morgan fingerprint density at radius 3 is 2.53 bits per heavy atom. The minimum Gasteiger partial charge on any atom is -0.497 e. The van der Waals surface area contributed by atoms with Gasteiger partial charge in [-0.3, -0.25) is 9.89 Å². The molecule has 0 saturated heterocycles. The zero-order valence-corrected chi connectivity index (χ0v) is 16.9. The minimum absolute atomic E-state index is 0.169. The molecule has 1 N–H and O–H groups in total. The van der Waals surface area contributed by atoms with Crippen LogP contribution in [0.5, 0.6) is 5.75 Å². The largest absolute Gasteiger partial charge is 0.497 e. The number of hydrogen-bond donors (Lipinski definition) is 1. The molecule has 0 bridgehead atoms. The van der Waals surface area contributed by atoms with Gasteiger partial charge in [-0.25, -0.2) is 4.79 Å². The van der Waals surface area contributed by atoms with Crippen molar-refractivity contribution in [1.82, 2.24) is 14.8 Å². The maximum absolute atomic E-state index is 12.8. The lowest BCUT2D eigenvalue weighted by Gasteiger charge is -2.10. The fourth-order valence-electron chi connectivity index (χ4n) is 3.57. The molecule has 0 spiro atoms. The quantitative estimate of drug-likeness (QED) is 0.388. The predicted molar refractivity (Wildman–Crippen MR) is 113 cm³/mol. The van der Waals surface area contributed by atoms with E-state index in [0.29, 0.717) is 10.9 Å². The third-order valence-electron chi connectivity index (χ3n) is 5.06. The molecule has 0 atom stereocenters. The third-order valence-corrected chi connectivity index (χ3v) is 5.06. The molecule has 0 saturated carbocycles. The molecule has 0 amide bonds. The number of aromatic nitrogens is 3. The fourth-order valence-corrected chi connectivity index (χ4v) is 3.57. The van der Waals surface area contributed by atoms with E-state index in [4.69, 9.17) is 9.47 Å². The summed E-state index contributed by atoms with van der Waals surface area (Å²) in [5.74, 6) is -0.142. The van der Waals surface area contributed by atoms with Gasteiger partial charge < -0.3 is 14.0 Å². The van der Waals surface area contributed by atoms with Crippen LogP contribution in [-0.2, 0) is 4.74 Å². The van der Waals surface area contributed by atoms with Crippen molar-refractivity contribution in [2.24, 2.45) is 0 Å². The molecular formula is C23H21N3O4. The number of nitrogens with one attached hydrogen (secondary N) is 1. The zero-order chi connectivity index (χ0) is 21.3. The van der Waals surface area contributed by atoms with E-state index in [1.54, 1.807) is 19.2 Å². The zero-order valence-electron chi connectivity index (χ0n) is 16.9. The second-order valence-electron chi connectivity index (χ2n) is 6.94. The number of aryl methyl sites for hydroxylation is 1. The number of methoxy groups -OCH3 is 1. The third kappa shape index (κ3) is 3.45. The Balaban J connectivity index is 1.51. The van der Waals surface area contributed by atoms with Crippen molar-refractivity contribution < 1.29 is 19.1 Å². The lowest BCUT2D eigenvalue weighted by molar-refractivity contribution is 0.0470. The van der Waals surface area contributed by atoms with Crippen molar-refractivity contribution >= 4 is 22.7 Å². The molecule has 0 aliphatic heterocycles. The summed E-state index contributed by atoms with van der Waals surface area (Å²) in [6.07, 6.45) is 0. The molecule has 2 aromatic carbocycles. The van der Waals surface area contributed by atoms with Crippen LogP contribution in [0.3, 0.4) is 0 Å². The van der Waals surface area contributed by atoms with Crippen LogP contribution in [0.15, 0.2) is 54.6 Å². The van der Waals surface area contributed by atoms with Gasteiger partial charge in [-0.2, -0.15) is 5.10 Å². The summed E-state index contributed by atoms with van der Waals surface area (Å²) in [6, 6.07) is 16.6. The number of benzene rings is 2. The smallest absolute Gasteiger partial charge is 0.359 e. The van der Waals surface area contributed by atoms with Crippen molar-refractivity contribution in [1.29, 1.82) is 0 Å². The molecule has 0 aliphatic rings. The Hall–Kier alpha value is -3.87. The van der Waals surface area contributed by atoms with Crippen LogP contribution in [0.1, 0.15) is 32.2 Å². The molecule has 7 heteroatoms. The van der Waals surface area contributed by atoms with Crippen LogP contribution >= 0.6 is 0 Å². The predicted octanol–water partition coefficient (Wildman–Crippen LogP) is 4.02. The average Bonchev–Trinajstić information content (AvgIpc) is 3.32. The van der Waals surface area contributed by atoms with Crippen molar-refractivity contribution in [2.45, 2.75) is 13.8 Å². The van der Waals surface area contributed by atoms with Gasteiger partial charge in [0.1, 0.15) is 5.75 Å². The lowest BCUT2D eigenvalue weighted by Crippen LogP contribution is -2.15. The highest BCUT2D eigenvalue weighted by Crippen LogP contribution is 2.23. The van der Waals surface area contributed by atoms with Gasteiger partial charge in [0.2, 0.25) is 5.78 Å². The maximum atomic E-state index is 12.8. The van der Waals surface area contributed by atoms with Crippen molar-refractivity contribution in [3.63, 3.8) is 0 Å². The summed E-state index contributed by atoms with van der Waals surface area (Å²) < 4.78 is 12.4. The number of carbonyl (C=O) groups excluding carboxylic acids is 2. The summed E-state index contributed by atoms with van der Waals surface area (Å²) in [4.78, 5) is 25.2. The average molecular weight is 403 g/mol. The number of rotatable bonds is 6. The SMILES string of the molecule is COc1ccc(-n2c(C)cc(C(=O)COC(=O)c3n[nH]c4ccccc34)c2C)cc1. The van der Waals surface area contributed by atoms with E-state index in [1.807, 2.05) is 60.9 Å². The Morgan fingerprint density at radius 1 is 1.07 bits per heavy atom. The normalized spacial score (nSPS) is 10.9. The van der Waals surface area contributed by atoms with Crippen LogP contribution in [0.2, 0.25) is 0 Å². The van der Waals surface area contributed by atoms with Gasteiger partial charge in [0, 0.05) is 28.0 Å². The van der Waals surface area contributed by atoms with Gasteiger partial charge in [0.05, 0.1) is 12.6 Å². The summed E-state index contributed by atoms with van der Waals surface area (Å²) in [5, 5.41) is 7.46. The van der Waals surface area contributed by atoms with E-state index in [9.17, 15) is 9.59 Å². The number of ketones is 1. The van der Waals surface area contributed by atoms with Gasteiger partial charge in [-0.1, -0.05) is 18.2 Å². The van der Waals surface area contributed by atoms with Crippen LogP contribution < -0.4 is 4.74 Å². The first-order valence-corrected chi connectivity index (χ1v) is 9.46. The number of carbonyl (C=O) groups is 2. The highest BCUT2D eigenvalue weighted by atomic mass is 16.5. The monoisotopic (exact) mass is 403 g/mol. The highest BCUT2D eigenvalue weighted by Gasteiger charge is 2.20. The van der Waals surface area contributed by atoms with Gasteiger partial charge in [-0.05, 0) is 50.2 Å². The summed E-state index contributed by atoms with van der Waals surface area (Å²) in [5.41, 5.74) is 4.03. The van der Waals surface area contributed by atoms with Crippen molar-refractivity contribution in [2.75, 3.05) is 13.7 Å². The number of para-hydroxylation sites is 1. The van der Waals surface area contributed by atoms with Gasteiger partial charge in [0.15, 0.2) is 12.3 Å². The van der Waals surface area contributed by atoms with Crippen molar-refractivity contribution in [3.05, 3.63) is 77.2 Å². The second kappa shape index (κ2) is 7.87. The first-order valence-electron chi connectivity index (χ1n) is 9.46. The number of Topliss-reactive ketones (excluding diaryl/α,β-unsaturated/α-hetero) is 1. The second-order valence-corrected chi connectivity index (χ2v) is 6.94. The molecule has 0 unspecified atom stereocenters. The van der Waals surface area contributed by atoms with Gasteiger partial charge in [0.25, 0.3) is 0 Å². The van der Waals surface area contributed by atoms with Crippen molar-refractivity contribution in [3.8, 4) is 11.4 Å². The Morgan fingerprint density at radius 2 is 1.80 bits per heavy atom. The number of nitrogens with zero attached hydrogens (tertiary/aromatic N) is 2. The Labute approximate surface area is 173 Å². The molecule has 2 aromatic heterocycles. The molecule has 4 rings (SSSR count). The number of ether oxygens (including phenoxy) is 2. The summed E-state index contributed by atoms with van der Waals surface area (Å²) in [6.45, 7) is 3.44. The maximum Gasteiger partial charge on any atom is 0.359 e. The van der Waals surface area contributed by atoms with Crippen LogP contribution in [0, 0.1) is 13.8 Å². The lowest BCUT2D eigenvalue weighted by atomic mass is 10.1. The van der Waals surface area contributed by atoms with E-state index in [-0.39, 0.29) is 18.1 Å². The molecule has 0 radical (unpaired) electrons. The molecule has 0 fully saturated rings. The van der Waals surface area contributed by atoms with E-state index < -0.39 is 5.97 Å². The Bertz CT molecular complexity index is 1240. The molecule has 30 heavy (non-hydrogen) atoms. The standard InChI is InChI=1S/C23H21N3O4/c1-14-12-19(15(2)26(14)16-8-10-17(29-3)11-9-16)21(27)13-30-23(28)22-18-6-4-5-7-20(18)24-25-22/h4-12H,13H2,1-3H3,(H,24,25). The number of H-pyrrole nitrogens is 1. The first-order chi connectivity index (χ1) is 14.5. The van der Waals surface area contributed by atoms with E-state index in [0.717, 1.165) is 28.3 Å². The number of hydrogen-bond acceptors (Lipinski definition) is 5. The van der Waals surface area contributed by atoms with Gasteiger partial charge in [-0.15, -0.1) is 0 Å². The number of aromatic amines is 1. The molecular weight excluding hydrogens is 382 g/mol. The Kier molecular flexibility index (Phi) is 5.10. The van der Waals surface area contributed by atoms with Crippen LogP contribution in [0.4, 0.5) is 0 Å². The fraction of sp³-hybridized carbons (Fsp3) is 0.174. The topological polar surface area (TPSA) is 86.2 Å². The molecule has 0 aliphatic carbocycles. The summed E-state index contributed by atoms with van der Waals surface area (Å²) in [7, 11) is 1.62. The van der Waals surface area contributed by atoms with E-state index >= 15 is 0 Å². The molecule has 2 heterocycles.